The van der Waals surface area contributed by atoms with Gasteiger partial charge in [0.05, 0.1) is 12.6 Å². The van der Waals surface area contributed by atoms with Gasteiger partial charge in [-0.1, -0.05) is 6.07 Å². The van der Waals surface area contributed by atoms with Gasteiger partial charge in [0.1, 0.15) is 6.54 Å². The summed E-state index contributed by atoms with van der Waals surface area (Å²) >= 11 is 0. The van der Waals surface area contributed by atoms with Crippen molar-refractivity contribution in [1.82, 2.24) is 16.0 Å². The average molecular weight is 492 g/mol. The van der Waals surface area contributed by atoms with Crippen molar-refractivity contribution < 1.29 is 13.9 Å². The molecule has 1 aliphatic carbocycles. The smallest absolute Gasteiger partial charge is 0.241 e. The number of guanidine groups is 1. The highest BCUT2D eigenvalue weighted by molar-refractivity contribution is 14.0. The summed E-state index contributed by atoms with van der Waals surface area (Å²) in [6.07, 6.45) is 2.34. The quantitative estimate of drug-likeness (QED) is 0.282. The maximum Gasteiger partial charge on any atom is 0.241 e. The Morgan fingerprint density at radius 3 is 2.59 bits per heavy atom. The molecule has 27 heavy (non-hydrogen) atoms. The number of halogens is 2. The predicted molar refractivity (Wildman–Crippen MR) is 116 cm³/mol. The molecule has 1 aliphatic rings. The monoisotopic (exact) mass is 492 g/mol. The van der Waals surface area contributed by atoms with Crippen molar-refractivity contribution in [3.05, 3.63) is 29.6 Å². The number of aliphatic imine (C=N–C) groups is 1. The molecular formula is C19H30FIN4O2. The van der Waals surface area contributed by atoms with Gasteiger partial charge in [-0.25, -0.2) is 9.38 Å². The molecule has 1 atom stereocenters. The molecule has 1 fully saturated rings. The Hall–Kier alpha value is -1.58. The van der Waals surface area contributed by atoms with Crippen molar-refractivity contribution in [3.63, 3.8) is 0 Å². The Bertz CT molecular complexity index is 638. The fourth-order valence-electron chi connectivity index (χ4n) is 2.41. The Labute approximate surface area is 177 Å². The summed E-state index contributed by atoms with van der Waals surface area (Å²) in [6, 6.07) is 4.82. The summed E-state index contributed by atoms with van der Waals surface area (Å²) in [7, 11) is 0. The number of hydrogen-bond donors (Lipinski definition) is 3. The van der Waals surface area contributed by atoms with Gasteiger partial charge in [0, 0.05) is 13.1 Å². The van der Waals surface area contributed by atoms with Crippen molar-refractivity contribution in [3.8, 4) is 5.75 Å². The highest BCUT2D eigenvalue weighted by atomic mass is 127. The van der Waals surface area contributed by atoms with Gasteiger partial charge in [-0.2, -0.15) is 0 Å². The van der Waals surface area contributed by atoms with E-state index in [1.54, 1.807) is 6.07 Å². The standard InChI is InChI=1S/C19H29FN4O2.HI/c1-4-21-18(25)11-23-19(22-5-2)24-13(3)15-8-9-17(16(20)10-15)26-12-14-6-7-14;/h8-10,13-14H,4-7,11-12H2,1-3H3,(H,21,25)(H2,22,23,24);1H. The molecule has 6 nitrogen and oxygen atoms in total. The molecule has 152 valence electrons. The number of carbonyl (C=O) groups excluding carboxylic acids is 1. The third-order valence-electron chi connectivity index (χ3n) is 4.08. The molecule has 0 aromatic heterocycles. The molecule has 1 aromatic rings. The third-order valence-corrected chi connectivity index (χ3v) is 4.08. The summed E-state index contributed by atoms with van der Waals surface area (Å²) in [5.41, 5.74) is 0.782. The van der Waals surface area contributed by atoms with Crippen LogP contribution in [0.2, 0.25) is 0 Å². The predicted octanol–water partition coefficient (Wildman–Crippen LogP) is 2.98. The van der Waals surface area contributed by atoms with E-state index in [1.807, 2.05) is 26.8 Å². The van der Waals surface area contributed by atoms with Gasteiger partial charge >= 0.3 is 0 Å². The first-order chi connectivity index (χ1) is 12.5. The van der Waals surface area contributed by atoms with Crippen molar-refractivity contribution in [2.75, 3.05) is 26.2 Å². The largest absolute Gasteiger partial charge is 0.490 e. The third kappa shape index (κ3) is 8.32. The van der Waals surface area contributed by atoms with E-state index in [-0.39, 0.29) is 48.3 Å². The molecule has 0 radical (unpaired) electrons. The van der Waals surface area contributed by atoms with Gasteiger partial charge in [0.15, 0.2) is 17.5 Å². The Morgan fingerprint density at radius 2 is 2.00 bits per heavy atom. The summed E-state index contributed by atoms with van der Waals surface area (Å²) in [6.45, 7) is 7.58. The fraction of sp³-hybridized carbons (Fsp3) is 0.579. The van der Waals surface area contributed by atoms with Crippen molar-refractivity contribution in [2.24, 2.45) is 10.9 Å². The number of carbonyl (C=O) groups is 1. The molecule has 0 aliphatic heterocycles. The first-order valence-electron chi connectivity index (χ1n) is 9.27. The molecule has 0 saturated heterocycles. The molecule has 0 spiro atoms. The zero-order chi connectivity index (χ0) is 18.9. The lowest BCUT2D eigenvalue weighted by atomic mass is 10.1. The summed E-state index contributed by atoms with van der Waals surface area (Å²) in [5, 5.41) is 8.98. The van der Waals surface area contributed by atoms with Gasteiger partial charge in [-0.15, -0.1) is 24.0 Å². The maximum atomic E-state index is 14.3. The number of likely N-dealkylation sites (N-methyl/N-ethyl adjacent to an activating group) is 1. The van der Waals surface area contributed by atoms with Crippen LogP contribution >= 0.6 is 24.0 Å². The van der Waals surface area contributed by atoms with Crippen LogP contribution in [-0.4, -0.2) is 38.1 Å². The summed E-state index contributed by atoms with van der Waals surface area (Å²) in [5.74, 6) is 0.894. The van der Waals surface area contributed by atoms with Crippen LogP contribution in [0, 0.1) is 11.7 Å². The highest BCUT2D eigenvalue weighted by Crippen LogP contribution is 2.30. The second kappa shape index (κ2) is 12.0. The van der Waals surface area contributed by atoms with Gasteiger partial charge in [0.2, 0.25) is 5.91 Å². The van der Waals surface area contributed by atoms with Crippen LogP contribution in [0.3, 0.4) is 0 Å². The lowest BCUT2D eigenvalue weighted by Crippen LogP contribution is -2.39. The number of amides is 1. The normalized spacial score (nSPS) is 14.7. The molecule has 1 aromatic carbocycles. The molecule has 2 rings (SSSR count). The first-order valence-corrected chi connectivity index (χ1v) is 9.27. The van der Waals surface area contributed by atoms with E-state index in [0.717, 1.165) is 5.56 Å². The number of ether oxygens (including phenoxy) is 1. The fourth-order valence-corrected chi connectivity index (χ4v) is 2.41. The van der Waals surface area contributed by atoms with Gasteiger partial charge in [-0.05, 0) is 57.2 Å². The Balaban J connectivity index is 0.00000364. The van der Waals surface area contributed by atoms with Crippen LogP contribution in [0.5, 0.6) is 5.75 Å². The van der Waals surface area contributed by atoms with Gasteiger partial charge < -0.3 is 20.7 Å². The summed E-state index contributed by atoms with van der Waals surface area (Å²) < 4.78 is 19.8. The van der Waals surface area contributed by atoms with Crippen molar-refractivity contribution in [1.29, 1.82) is 0 Å². The Kier molecular flexibility index (Phi) is 10.4. The zero-order valence-corrected chi connectivity index (χ0v) is 18.5. The van der Waals surface area contributed by atoms with E-state index in [9.17, 15) is 9.18 Å². The van der Waals surface area contributed by atoms with Crippen LogP contribution in [0.1, 0.15) is 45.2 Å². The van der Waals surface area contributed by atoms with E-state index < -0.39 is 0 Å². The van der Waals surface area contributed by atoms with Gasteiger partial charge in [-0.3, -0.25) is 4.79 Å². The summed E-state index contributed by atoms with van der Waals surface area (Å²) in [4.78, 5) is 15.8. The topological polar surface area (TPSA) is 74.8 Å². The lowest BCUT2D eigenvalue weighted by Gasteiger charge is -2.19. The minimum atomic E-state index is -0.360. The maximum absolute atomic E-state index is 14.3. The number of hydrogen-bond acceptors (Lipinski definition) is 3. The molecule has 1 unspecified atom stereocenters. The van der Waals surface area contributed by atoms with Crippen LogP contribution in [-0.2, 0) is 4.79 Å². The van der Waals surface area contributed by atoms with Crippen molar-refractivity contribution in [2.45, 2.75) is 39.7 Å². The molecule has 1 saturated carbocycles. The minimum absolute atomic E-state index is 0. The number of nitrogens with zero attached hydrogens (tertiary/aromatic N) is 1. The first kappa shape index (κ1) is 23.5. The molecule has 3 N–H and O–H groups in total. The lowest BCUT2D eigenvalue weighted by molar-refractivity contribution is -0.119. The van der Waals surface area contributed by atoms with Crippen LogP contribution in [0.25, 0.3) is 0 Å². The molecule has 1 amide bonds. The second-order valence-corrected chi connectivity index (χ2v) is 6.46. The van der Waals surface area contributed by atoms with E-state index in [1.165, 1.54) is 18.9 Å². The average Bonchev–Trinajstić information content (AvgIpc) is 3.43. The highest BCUT2D eigenvalue weighted by Gasteiger charge is 2.22. The van der Waals surface area contributed by atoms with Crippen molar-refractivity contribution >= 4 is 35.8 Å². The number of rotatable bonds is 9. The molecule has 8 heteroatoms. The molecule has 0 bridgehead atoms. The van der Waals surface area contributed by atoms with E-state index in [4.69, 9.17) is 4.74 Å². The number of nitrogens with one attached hydrogen (secondary N) is 3. The molecule has 0 heterocycles. The number of benzene rings is 1. The van der Waals surface area contributed by atoms with Crippen LogP contribution in [0.4, 0.5) is 4.39 Å². The molecular weight excluding hydrogens is 462 g/mol. The SMILES string of the molecule is CCNC(=O)CN=C(NCC)NC(C)c1ccc(OCC2CC2)c(F)c1.I. The van der Waals surface area contributed by atoms with E-state index in [0.29, 0.717) is 37.3 Å². The second-order valence-electron chi connectivity index (χ2n) is 6.46. The van der Waals surface area contributed by atoms with Crippen LogP contribution < -0.4 is 20.7 Å². The minimum Gasteiger partial charge on any atom is -0.490 e. The van der Waals surface area contributed by atoms with Gasteiger partial charge in [0.25, 0.3) is 0 Å². The van der Waals surface area contributed by atoms with Crippen LogP contribution in [0.15, 0.2) is 23.2 Å². The Morgan fingerprint density at radius 1 is 1.30 bits per heavy atom. The zero-order valence-electron chi connectivity index (χ0n) is 16.2. The van der Waals surface area contributed by atoms with E-state index in [2.05, 4.69) is 20.9 Å². The van der Waals surface area contributed by atoms with E-state index >= 15 is 0 Å².